The van der Waals surface area contributed by atoms with E-state index in [2.05, 4.69) is 25.9 Å². The summed E-state index contributed by atoms with van der Waals surface area (Å²) in [6.45, 7) is 5.11. The minimum atomic E-state index is -0.217. The van der Waals surface area contributed by atoms with Gasteiger partial charge in [0.25, 0.3) is 0 Å². The van der Waals surface area contributed by atoms with E-state index in [1.54, 1.807) is 36.7 Å². The molecule has 0 radical (unpaired) electrons. The Balaban J connectivity index is 1.81. The fourth-order valence-corrected chi connectivity index (χ4v) is 2.28. The van der Waals surface area contributed by atoms with Crippen molar-refractivity contribution in [1.29, 1.82) is 0 Å². The molecule has 0 fully saturated rings. The van der Waals surface area contributed by atoms with Crippen molar-refractivity contribution in [2.75, 3.05) is 25.0 Å². The van der Waals surface area contributed by atoms with E-state index in [-0.39, 0.29) is 18.6 Å². The van der Waals surface area contributed by atoms with Crippen molar-refractivity contribution in [3.63, 3.8) is 0 Å². The SMILES string of the molecule is CCNC(=NCC(=O)Nc1cccnc1)NCC(C)Oc1ccc(Cl)cc1. The number of nitrogens with one attached hydrogen (secondary N) is 3. The number of hydrogen-bond donors (Lipinski definition) is 3. The van der Waals surface area contributed by atoms with Crippen LogP contribution in [0.1, 0.15) is 13.8 Å². The maximum atomic E-state index is 12.0. The average molecular weight is 390 g/mol. The number of carbonyl (C=O) groups excluding carboxylic acids is 1. The average Bonchev–Trinajstić information content (AvgIpc) is 2.66. The molecule has 1 unspecified atom stereocenters. The second-order valence-electron chi connectivity index (χ2n) is 5.75. The van der Waals surface area contributed by atoms with Crippen molar-refractivity contribution in [2.24, 2.45) is 4.99 Å². The van der Waals surface area contributed by atoms with Gasteiger partial charge in [-0.2, -0.15) is 0 Å². The van der Waals surface area contributed by atoms with Crippen LogP contribution in [0.15, 0.2) is 53.8 Å². The number of guanidine groups is 1. The van der Waals surface area contributed by atoms with E-state index >= 15 is 0 Å². The Morgan fingerprint density at radius 1 is 1.26 bits per heavy atom. The van der Waals surface area contributed by atoms with E-state index < -0.39 is 0 Å². The molecule has 3 N–H and O–H groups in total. The van der Waals surface area contributed by atoms with Crippen molar-refractivity contribution in [1.82, 2.24) is 15.6 Å². The molecule has 8 heteroatoms. The lowest BCUT2D eigenvalue weighted by atomic mass is 10.3. The lowest BCUT2D eigenvalue weighted by Crippen LogP contribution is -2.42. The minimum absolute atomic E-state index is 0.00332. The van der Waals surface area contributed by atoms with Gasteiger partial charge in [0, 0.05) is 17.8 Å². The zero-order chi connectivity index (χ0) is 19.5. The molecule has 0 aliphatic rings. The van der Waals surface area contributed by atoms with Gasteiger partial charge in [-0.1, -0.05) is 11.6 Å². The normalized spacial score (nSPS) is 12.2. The minimum Gasteiger partial charge on any atom is -0.489 e. The number of ether oxygens (including phenoxy) is 1. The van der Waals surface area contributed by atoms with E-state index in [0.717, 1.165) is 5.75 Å². The fourth-order valence-electron chi connectivity index (χ4n) is 2.16. The predicted molar refractivity (Wildman–Crippen MR) is 108 cm³/mol. The molecule has 2 aromatic rings. The van der Waals surface area contributed by atoms with Crippen molar-refractivity contribution in [3.05, 3.63) is 53.8 Å². The Morgan fingerprint density at radius 2 is 2.04 bits per heavy atom. The summed E-state index contributed by atoms with van der Waals surface area (Å²) in [7, 11) is 0. The zero-order valence-corrected chi connectivity index (χ0v) is 16.2. The molecule has 0 saturated heterocycles. The maximum Gasteiger partial charge on any atom is 0.246 e. The van der Waals surface area contributed by atoms with Crippen molar-refractivity contribution in [3.8, 4) is 5.75 Å². The Bertz CT molecular complexity index is 738. The Hall–Kier alpha value is -2.80. The summed E-state index contributed by atoms with van der Waals surface area (Å²) in [5.41, 5.74) is 0.639. The molecular weight excluding hydrogens is 366 g/mol. The van der Waals surface area contributed by atoms with Crippen LogP contribution in [0.3, 0.4) is 0 Å². The highest BCUT2D eigenvalue weighted by atomic mass is 35.5. The molecule has 1 aromatic heterocycles. The van der Waals surface area contributed by atoms with Crippen LogP contribution in [-0.2, 0) is 4.79 Å². The smallest absolute Gasteiger partial charge is 0.246 e. The molecule has 144 valence electrons. The molecule has 7 nitrogen and oxygen atoms in total. The highest BCUT2D eigenvalue weighted by molar-refractivity contribution is 6.30. The van der Waals surface area contributed by atoms with Gasteiger partial charge < -0.3 is 20.7 Å². The molecule has 0 spiro atoms. The Kier molecular flexibility index (Phi) is 8.38. The van der Waals surface area contributed by atoms with Gasteiger partial charge in [-0.15, -0.1) is 0 Å². The molecule has 0 aliphatic heterocycles. The van der Waals surface area contributed by atoms with Crippen LogP contribution >= 0.6 is 11.6 Å². The molecular formula is C19H24ClN5O2. The number of carbonyl (C=O) groups is 1. The largest absolute Gasteiger partial charge is 0.489 e. The second kappa shape index (κ2) is 11.0. The van der Waals surface area contributed by atoms with Crippen LogP contribution in [0.25, 0.3) is 0 Å². The van der Waals surface area contributed by atoms with Gasteiger partial charge in [-0.25, -0.2) is 4.99 Å². The number of anilines is 1. The first kappa shape index (κ1) is 20.5. The first-order chi connectivity index (χ1) is 13.1. The molecule has 0 saturated carbocycles. The third-order valence-corrected chi connectivity index (χ3v) is 3.63. The van der Waals surface area contributed by atoms with Gasteiger partial charge >= 0.3 is 0 Å². The third kappa shape index (κ3) is 7.96. The van der Waals surface area contributed by atoms with Crippen molar-refractivity contribution in [2.45, 2.75) is 20.0 Å². The zero-order valence-electron chi connectivity index (χ0n) is 15.4. The number of aromatic nitrogens is 1. The number of aliphatic imine (C=N–C) groups is 1. The number of benzene rings is 1. The Morgan fingerprint density at radius 3 is 2.70 bits per heavy atom. The molecule has 0 aliphatic carbocycles. The lowest BCUT2D eigenvalue weighted by Gasteiger charge is -2.17. The maximum absolute atomic E-state index is 12.0. The first-order valence-electron chi connectivity index (χ1n) is 8.71. The number of nitrogens with zero attached hydrogens (tertiary/aromatic N) is 2. The molecule has 27 heavy (non-hydrogen) atoms. The highest BCUT2D eigenvalue weighted by Gasteiger charge is 2.07. The second-order valence-corrected chi connectivity index (χ2v) is 6.18. The fraction of sp³-hybridized carbons (Fsp3) is 0.316. The molecule has 1 heterocycles. The van der Waals surface area contributed by atoms with Crippen LogP contribution in [0.4, 0.5) is 5.69 Å². The van der Waals surface area contributed by atoms with Crippen LogP contribution in [0, 0.1) is 0 Å². The van der Waals surface area contributed by atoms with E-state index in [4.69, 9.17) is 16.3 Å². The monoisotopic (exact) mass is 389 g/mol. The number of hydrogen-bond acceptors (Lipinski definition) is 4. The van der Waals surface area contributed by atoms with Crippen LogP contribution < -0.4 is 20.7 Å². The van der Waals surface area contributed by atoms with E-state index in [0.29, 0.717) is 29.8 Å². The predicted octanol–water partition coefficient (Wildman–Crippen LogP) is 2.70. The van der Waals surface area contributed by atoms with Gasteiger partial charge in [-0.3, -0.25) is 9.78 Å². The molecule has 2 rings (SSSR count). The summed E-state index contributed by atoms with van der Waals surface area (Å²) < 4.78 is 5.81. The standard InChI is InChI=1S/C19H24ClN5O2/c1-3-22-19(24-13-18(26)25-16-5-4-10-21-12-16)23-11-14(2)27-17-8-6-15(20)7-9-17/h4-10,12,14H,3,11,13H2,1-2H3,(H,25,26)(H2,22,23,24). The van der Waals surface area contributed by atoms with Crippen LogP contribution in [-0.4, -0.2) is 42.6 Å². The topological polar surface area (TPSA) is 87.6 Å². The summed E-state index contributed by atoms with van der Waals surface area (Å²) in [5, 5.41) is 9.68. The van der Waals surface area contributed by atoms with Gasteiger partial charge in [0.1, 0.15) is 18.4 Å². The quantitative estimate of drug-likeness (QED) is 0.477. The number of halogens is 1. The van der Waals surface area contributed by atoms with Crippen molar-refractivity contribution >= 4 is 29.2 Å². The molecule has 1 atom stereocenters. The number of amides is 1. The van der Waals surface area contributed by atoms with Gasteiger partial charge in [0.15, 0.2) is 5.96 Å². The third-order valence-electron chi connectivity index (χ3n) is 3.38. The van der Waals surface area contributed by atoms with E-state index in [9.17, 15) is 4.79 Å². The van der Waals surface area contributed by atoms with Crippen LogP contribution in [0.2, 0.25) is 5.02 Å². The van der Waals surface area contributed by atoms with E-state index in [1.165, 1.54) is 0 Å². The number of pyridine rings is 1. The molecule has 1 aromatic carbocycles. The summed E-state index contributed by atoms with van der Waals surface area (Å²) >= 11 is 5.87. The summed E-state index contributed by atoms with van der Waals surface area (Å²) in [5.74, 6) is 1.07. The molecule has 1 amide bonds. The van der Waals surface area contributed by atoms with Gasteiger partial charge in [0.2, 0.25) is 5.91 Å². The summed E-state index contributed by atoms with van der Waals surface area (Å²) in [6.07, 6.45) is 3.13. The van der Waals surface area contributed by atoms with Gasteiger partial charge in [-0.05, 0) is 50.2 Å². The summed E-state index contributed by atoms with van der Waals surface area (Å²) in [6, 6.07) is 10.7. The van der Waals surface area contributed by atoms with Crippen molar-refractivity contribution < 1.29 is 9.53 Å². The Labute approximate surface area is 164 Å². The van der Waals surface area contributed by atoms with E-state index in [1.807, 2.05) is 26.0 Å². The van der Waals surface area contributed by atoms with Gasteiger partial charge in [0.05, 0.1) is 18.4 Å². The first-order valence-corrected chi connectivity index (χ1v) is 9.09. The molecule has 0 bridgehead atoms. The van der Waals surface area contributed by atoms with Crippen LogP contribution in [0.5, 0.6) is 5.75 Å². The lowest BCUT2D eigenvalue weighted by molar-refractivity contribution is -0.114. The highest BCUT2D eigenvalue weighted by Crippen LogP contribution is 2.16. The number of rotatable bonds is 8. The summed E-state index contributed by atoms with van der Waals surface area (Å²) in [4.78, 5) is 20.2.